The number of hydrogen-bond donors (Lipinski definition) is 2. The topological polar surface area (TPSA) is 110 Å². The SMILES string of the molecule is CSc1ncc(Cl)c(C(=O)NNc2ccc(C(F)(F)F)cc2[N+](=O)[O-])n1. The number of carbonyl (C=O) groups excluding carboxylic acids is 1. The highest BCUT2D eigenvalue weighted by Crippen LogP contribution is 2.34. The van der Waals surface area contributed by atoms with Gasteiger partial charge in [0.25, 0.3) is 11.6 Å². The molecule has 13 heteroatoms. The van der Waals surface area contributed by atoms with E-state index < -0.39 is 28.3 Å². The van der Waals surface area contributed by atoms with Crippen LogP contribution in [0.25, 0.3) is 0 Å². The van der Waals surface area contributed by atoms with E-state index in [1.165, 1.54) is 6.20 Å². The van der Waals surface area contributed by atoms with Gasteiger partial charge in [-0.1, -0.05) is 23.4 Å². The highest BCUT2D eigenvalue weighted by atomic mass is 35.5. The number of hydrazine groups is 1. The summed E-state index contributed by atoms with van der Waals surface area (Å²) in [6.07, 6.45) is -1.86. The van der Waals surface area contributed by atoms with Crippen LogP contribution in [0.2, 0.25) is 5.02 Å². The van der Waals surface area contributed by atoms with Gasteiger partial charge in [0.05, 0.1) is 21.7 Å². The lowest BCUT2D eigenvalue weighted by Gasteiger charge is -2.11. The Morgan fingerprint density at radius 3 is 2.65 bits per heavy atom. The van der Waals surface area contributed by atoms with Crippen molar-refractivity contribution in [2.24, 2.45) is 0 Å². The van der Waals surface area contributed by atoms with E-state index in [1.807, 2.05) is 0 Å². The van der Waals surface area contributed by atoms with Crippen molar-refractivity contribution < 1.29 is 22.9 Å². The molecule has 8 nitrogen and oxygen atoms in total. The summed E-state index contributed by atoms with van der Waals surface area (Å²) < 4.78 is 38.0. The second-order valence-corrected chi connectivity index (χ2v) is 5.80. The van der Waals surface area contributed by atoms with Gasteiger partial charge in [0.1, 0.15) is 5.69 Å². The number of aromatic nitrogens is 2. The van der Waals surface area contributed by atoms with Gasteiger partial charge in [0.15, 0.2) is 10.9 Å². The van der Waals surface area contributed by atoms with Crippen molar-refractivity contribution >= 4 is 40.6 Å². The lowest BCUT2D eigenvalue weighted by Crippen LogP contribution is -2.31. The predicted molar refractivity (Wildman–Crippen MR) is 88.0 cm³/mol. The number of benzene rings is 1. The van der Waals surface area contributed by atoms with Gasteiger partial charge in [-0.3, -0.25) is 25.8 Å². The van der Waals surface area contributed by atoms with Gasteiger partial charge in [-0.25, -0.2) is 9.97 Å². The minimum absolute atomic E-state index is 0.0657. The molecule has 1 amide bonds. The summed E-state index contributed by atoms with van der Waals surface area (Å²) >= 11 is 6.98. The van der Waals surface area contributed by atoms with Gasteiger partial charge in [0.2, 0.25) is 0 Å². The zero-order chi connectivity index (χ0) is 19.5. The lowest BCUT2D eigenvalue weighted by atomic mass is 10.1. The average Bonchev–Trinajstić information content (AvgIpc) is 2.59. The molecule has 0 spiro atoms. The minimum atomic E-state index is -4.74. The Balaban J connectivity index is 2.24. The maximum Gasteiger partial charge on any atom is 0.416 e. The van der Waals surface area contributed by atoms with Crippen LogP contribution in [0, 0.1) is 10.1 Å². The number of nitro groups is 1. The third kappa shape index (κ3) is 4.52. The molecule has 0 atom stereocenters. The highest BCUT2D eigenvalue weighted by Gasteiger charge is 2.33. The van der Waals surface area contributed by atoms with E-state index in [4.69, 9.17) is 11.6 Å². The van der Waals surface area contributed by atoms with Crippen molar-refractivity contribution in [3.05, 3.63) is 50.8 Å². The molecule has 0 aliphatic carbocycles. The van der Waals surface area contributed by atoms with E-state index in [1.54, 1.807) is 6.26 Å². The first-order chi connectivity index (χ1) is 12.1. The first kappa shape index (κ1) is 19.7. The smallest absolute Gasteiger partial charge is 0.292 e. The van der Waals surface area contributed by atoms with E-state index in [-0.39, 0.29) is 21.6 Å². The molecule has 2 rings (SSSR count). The Hall–Kier alpha value is -2.60. The number of carbonyl (C=O) groups is 1. The minimum Gasteiger partial charge on any atom is -0.292 e. The van der Waals surface area contributed by atoms with E-state index in [0.29, 0.717) is 12.1 Å². The summed E-state index contributed by atoms with van der Waals surface area (Å²) in [5.74, 6) is -0.845. The van der Waals surface area contributed by atoms with Crippen LogP contribution in [0.15, 0.2) is 29.6 Å². The zero-order valence-corrected chi connectivity index (χ0v) is 14.4. The van der Waals surface area contributed by atoms with Crippen molar-refractivity contribution in [1.82, 2.24) is 15.4 Å². The van der Waals surface area contributed by atoms with E-state index in [9.17, 15) is 28.1 Å². The van der Waals surface area contributed by atoms with Crippen LogP contribution >= 0.6 is 23.4 Å². The fourth-order valence-electron chi connectivity index (χ4n) is 1.76. The quantitative estimate of drug-likeness (QED) is 0.337. The van der Waals surface area contributed by atoms with Crippen LogP contribution in [0.3, 0.4) is 0 Å². The molecule has 0 unspecified atom stereocenters. The van der Waals surface area contributed by atoms with Gasteiger partial charge in [-0.05, 0) is 18.4 Å². The molecule has 1 aromatic heterocycles. The molecule has 2 aromatic rings. The summed E-state index contributed by atoms with van der Waals surface area (Å²) in [5.41, 5.74) is 1.71. The second-order valence-electron chi connectivity index (χ2n) is 4.62. The van der Waals surface area contributed by atoms with Crippen LogP contribution in [-0.2, 0) is 6.18 Å². The van der Waals surface area contributed by atoms with Gasteiger partial charge in [-0.2, -0.15) is 13.2 Å². The number of halogens is 4. The van der Waals surface area contributed by atoms with Crippen LogP contribution in [0.4, 0.5) is 24.5 Å². The number of rotatable bonds is 5. The highest BCUT2D eigenvalue weighted by molar-refractivity contribution is 7.98. The molecule has 0 radical (unpaired) electrons. The normalized spacial score (nSPS) is 11.1. The molecule has 0 bridgehead atoms. The van der Waals surface area contributed by atoms with Crippen LogP contribution in [0.5, 0.6) is 0 Å². The van der Waals surface area contributed by atoms with Crippen molar-refractivity contribution in [3.8, 4) is 0 Å². The summed E-state index contributed by atoms with van der Waals surface area (Å²) in [4.78, 5) is 29.8. The fraction of sp³-hybridized carbons (Fsp3) is 0.154. The zero-order valence-electron chi connectivity index (χ0n) is 12.8. The number of nitrogens with zero attached hydrogens (tertiary/aromatic N) is 3. The Morgan fingerprint density at radius 2 is 2.08 bits per heavy atom. The first-order valence-corrected chi connectivity index (χ1v) is 8.22. The Bertz CT molecular complexity index is 865. The number of amides is 1. The Labute approximate surface area is 153 Å². The monoisotopic (exact) mass is 407 g/mol. The third-order valence-electron chi connectivity index (χ3n) is 2.95. The number of thioether (sulfide) groups is 1. The van der Waals surface area contributed by atoms with Crippen molar-refractivity contribution in [2.75, 3.05) is 11.7 Å². The summed E-state index contributed by atoms with van der Waals surface area (Å²) in [6, 6.07) is 1.83. The lowest BCUT2D eigenvalue weighted by molar-refractivity contribution is -0.384. The molecule has 0 aliphatic rings. The van der Waals surface area contributed by atoms with Crippen molar-refractivity contribution in [3.63, 3.8) is 0 Å². The van der Waals surface area contributed by atoms with Gasteiger partial charge < -0.3 is 0 Å². The largest absolute Gasteiger partial charge is 0.416 e. The average molecular weight is 408 g/mol. The predicted octanol–water partition coefficient (Wildman–Crippen LogP) is 3.54. The number of alkyl halides is 3. The molecule has 0 saturated heterocycles. The van der Waals surface area contributed by atoms with Gasteiger partial charge in [0, 0.05) is 6.07 Å². The third-order valence-corrected chi connectivity index (χ3v) is 3.79. The van der Waals surface area contributed by atoms with E-state index in [2.05, 4.69) is 20.8 Å². The molecule has 0 aliphatic heterocycles. The number of hydrogen-bond acceptors (Lipinski definition) is 7. The number of nitro benzene ring substituents is 1. The number of nitrogens with one attached hydrogen (secondary N) is 2. The summed E-state index contributed by atoms with van der Waals surface area (Å²) in [7, 11) is 0. The standard InChI is InChI=1S/C13H9ClF3N5O3S/c1-26-12-18-5-7(14)10(19-12)11(23)21-20-8-3-2-6(13(15,16)17)4-9(8)22(24)25/h2-5,20H,1H3,(H,21,23). The van der Waals surface area contributed by atoms with Crippen LogP contribution in [0.1, 0.15) is 16.1 Å². The van der Waals surface area contributed by atoms with E-state index >= 15 is 0 Å². The molecule has 138 valence electrons. The van der Waals surface area contributed by atoms with Gasteiger partial charge >= 0.3 is 6.18 Å². The molecule has 1 heterocycles. The van der Waals surface area contributed by atoms with Crippen LogP contribution in [-0.4, -0.2) is 27.1 Å². The second kappa shape index (κ2) is 7.74. The summed E-state index contributed by atoms with van der Waals surface area (Å²) in [5, 5.41) is 11.2. The molecular formula is C13H9ClF3N5O3S. The summed E-state index contributed by atoms with van der Waals surface area (Å²) in [6.45, 7) is 0. The molecular weight excluding hydrogens is 399 g/mol. The van der Waals surface area contributed by atoms with Crippen LogP contribution < -0.4 is 10.9 Å². The molecule has 0 saturated carbocycles. The van der Waals surface area contributed by atoms with Gasteiger partial charge in [-0.15, -0.1) is 0 Å². The molecule has 1 aromatic carbocycles. The van der Waals surface area contributed by atoms with Crippen molar-refractivity contribution in [2.45, 2.75) is 11.3 Å². The van der Waals surface area contributed by atoms with E-state index in [0.717, 1.165) is 17.8 Å². The Kier molecular flexibility index (Phi) is 5.87. The molecule has 26 heavy (non-hydrogen) atoms. The number of anilines is 1. The maximum atomic E-state index is 12.7. The molecule has 2 N–H and O–H groups in total. The van der Waals surface area contributed by atoms with Crippen molar-refractivity contribution in [1.29, 1.82) is 0 Å². The Morgan fingerprint density at radius 1 is 1.38 bits per heavy atom. The molecule has 0 fully saturated rings. The first-order valence-electron chi connectivity index (χ1n) is 6.62. The maximum absolute atomic E-state index is 12.7. The fourth-order valence-corrected chi connectivity index (χ4v) is 2.27.